The van der Waals surface area contributed by atoms with E-state index >= 15 is 0 Å². The van der Waals surface area contributed by atoms with Crippen molar-refractivity contribution in [3.63, 3.8) is 0 Å². The summed E-state index contributed by atoms with van der Waals surface area (Å²) >= 11 is 0. The van der Waals surface area contributed by atoms with Crippen LogP contribution in [0, 0.1) is 5.82 Å². The standard InChI is InChI=1S/C31H27FN4O4/c32-26-10-7-20-16-28(26)40-24-8-9-25-21(18-24)11-14-36(31(38)27-6-2-13-34-35-27)30(25)22-4-1-5-23(19-22)39-15-3-12-33-29(37)17-20/h1-2,4-10,13,16,18-19,30H,3,11-12,14-15,17H2,(H,33,37). The SMILES string of the molecule is O=C1Cc2ccc(F)c(c2)Oc2ccc3c(c2)CCN(C(=O)c2cccnn2)C3c2cccc(c2)OCCCN1. The van der Waals surface area contributed by atoms with Gasteiger partial charge in [-0.2, -0.15) is 5.10 Å². The lowest BCUT2D eigenvalue weighted by Crippen LogP contribution is -2.41. The maximum atomic E-state index is 14.7. The quantitative estimate of drug-likeness (QED) is 0.380. The highest BCUT2D eigenvalue weighted by Crippen LogP contribution is 2.39. The Balaban J connectivity index is 1.42. The number of hydrogen-bond donors (Lipinski definition) is 1. The molecule has 0 saturated carbocycles. The van der Waals surface area contributed by atoms with Crippen LogP contribution in [0.15, 0.2) is 79.0 Å². The summed E-state index contributed by atoms with van der Waals surface area (Å²) in [5.74, 6) is 0.305. The molecular weight excluding hydrogens is 511 g/mol. The minimum atomic E-state index is -0.514. The van der Waals surface area contributed by atoms with E-state index in [0.717, 1.165) is 16.7 Å². The molecule has 7 rings (SSSR count). The monoisotopic (exact) mass is 538 g/mol. The highest BCUT2D eigenvalue weighted by molar-refractivity contribution is 5.93. The van der Waals surface area contributed by atoms with E-state index in [1.54, 1.807) is 35.2 Å². The number of nitrogens with one attached hydrogen (secondary N) is 1. The van der Waals surface area contributed by atoms with E-state index in [4.69, 9.17) is 9.47 Å². The summed E-state index contributed by atoms with van der Waals surface area (Å²) in [4.78, 5) is 27.9. The van der Waals surface area contributed by atoms with Crippen LogP contribution >= 0.6 is 0 Å². The number of ether oxygens (including phenoxy) is 2. The molecule has 0 radical (unpaired) electrons. The van der Waals surface area contributed by atoms with Gasteiger partial charge in [-0.25, -0.2) is 4.39 Å². The van der Waals surface area contributed by atoms with Crippen molar-refractivity contribution in [2.45, 2.75) is 25.3 Å². The fourth-order valence-electron chi connectivity index (χ4n) is 5.18. The fraction of sp³-hybridized carbons (Fsp3) is 0.226. The Hall–Kier alpha value is -4.79. The Labute approximate surface area is 230 Å². The average molecular weight is 539 g/mol. The van der Waals surface area contributed by atoms with Crippen LogP contribution in [0.3, 0.4) is 0 Å². The zero-order chi connectivity index (χ0) is 27.5. The van der Waals surface area contributed by atoms with Gasteiger partial charge in [0, 0.05) is 19.3 Å². The molecule has 3 aromatic carbocycles. The van der Waals surface area contributed by atoms with Crippen molar-refractivity contribution in [1.82, 2.24) is 20.4 Å². The first kappa shape index (κ1) is 25.5. The average Bonchev–Trinajstić information content (AvgIpc) is 2.98. The number of halogens is 1. The molecule has 4 aromatic rings. The van der Waals surface area contributed by atoms with Crippen LogP contribution in [-0.4, -0.2) is 46.6 Å². The zero-order valence-corrected chi connectivity index (χ0v) is 21.7. The molecule has 3 aliphatic rings. The van der Waals surface area contributed by atoms with E-state index < -0.39 is 11.9 Å². The van der Waals surface area contributed by atoms with Gasteiger partial charge in [-0.15, -0.1) is 5.10 Å². The molecule has 1 N–H and O–H groups in total. The van der Waals surface area contributed by atoms with Gasteiger partial charge in [0.25, 0.3) is 5.91 Å². The van der Waals surface area contributed by atoms with E-state index in [0.29, 0.717) is 49.6 Å². The number of amides is 2. The molecule has 8 nitrogen and oxygen atoms in total. The van der Waals surface area contributed by atoms with E-state index in [1.807, 2.05) is 36.4 Å². The Morgan fingerprint density at radius 3 is 2.83 bits per heavy atom. The maximum Gasteiger partial charge on any atom is 0.275 e. The first-order chi connectivity index (χ1) is 19.5. The molecule has 0 saturated heterocycles. The van der Waals surface area contributed by atoms with Crippen molar-refractivity contribution >= 4 is 11.8 Å². The number of rotatable bonds is 1. The third-order valence-corrected chi connectivity index (χ3v) is 7.07. The van der Waals surface area contributed by atoms with Crippen molar-refractivity contribution in [2.75, 3.05) is 19.7 Å². The van der Waals surface area contributed by atoms with Gasteiger partial charge in [0.15, 0.2) is 17.3 Å². The molecule has 0 spiro atoms. The van der Waals surface area contributed by atoms with Gasteiger partial charge in [0.2, 0.25) is 5.91 Å². The summed E-state index contributed by atoms with van der Waals surface area (Å²) in [7, 11) is 0. The number of fused-ring (bicyclic) bond motifs is 7. The normalized spacial score (nSPS) is 17.0. The van der Waals surface area contributed by atoms with Crippen LogP contribution < -0.4 is 14.8 Å². The first-order valence-corrected chi connectivity index (χ1v) is 13.2. The van der Waals surface area contributed by atoms with Gasteiger partial charge in [-0.05, 0) is 83.6 Å². The summed E-state index contributed by atoms with van der Waals surface area (Å²) in [6, 6.07) is 20.7. The summed E-state index contributed by atoms with van der Waals surface area (Å²) in [5, 5.41) is 10.8. The second-order valence-corrected chi connectivity index (χ2v) is 9.79. The lowest BCUT2D eigenvalue weighted by atomic mass is 9.87. The molecule has 0 aliphatic carbocycles. The number of aromatic nitrogens is 2. The lowest BCUT2D eigenvalue weighted by Gasteiger charge is -2.37. The van der Waals surface area contributed by atoms with Gasteiger partial charge < -0.3 is 19.7 Å². The molecule has 202 valence electrons. The minimum Gasteiger partial charge on any atom is -0.494 e. The van der Waals surface area contributed by atoms with Crippen molar-refractivity contribution in [3.8, 4) is 17.2 Å². The minimum absolute atomic E-state index is 0.0519. The zero-order valence-electron chi connectivity index (χ0n) is 21.7. The third-order valence-electron chi connectivity index (χ3n) is 7.07. The predicted octanol–water partition coefficient (Wildman–Crippen LogP) is 4.64. The van der Waals surface area contributed by atoms with Crippen molar-refractivity contribution in [1.29, 1.82) is 0 Å². The van der Waals surface area contributed by atoms with E-state index in [2.05, 4.69) is 15.5 Å². The van der Waals surface area contributed by atoms with Gasteiger partial charge in [-0.1, -0.05) is 24.3 Å². The Morgan fingerprint density at radius 1 is 1.02 bits per heavy atom. The highest BCUT2D eigenvalue weighted by Gasteiger charge is 2.34. The molecule has 9 heteroatoms. The van der Waals surface area contributed by atoms with Crippen LogP contribution in [0.1, 0.15) is 45.2 Å². The van der Waals surface area contributed by atoms with Crippen LogP contribution in [0.25, 0.3) is 0 Å². The molecule has 40 heavy (non-hydrogen) atoms. The topological polar surface area (TPSA) is 93.7 Å². The van der Waals surface area contributed by atoms with Gasteiger partial charge in [-0.3, -0.25) is 9.59 Å². The number of carbonyl (C=O) groups excluding carboxylic acids is 2. The van der Waals surface area contributed by atoms with Crippen LogP contribution in [0.5, 0.6) is 17.2 Å². The highest BCUT2D eigenvalue weighted by atomic mass is 19.1. The molecule has 3 aliphatic heterocycles. The number of hydrogen-bond acceptors (Lipinski definition) is 6. The Bertz CT molecular complexity index is 1560. The van der Waals surface area contributed by atoms with E-state index in [1.165, 1.54) is 12.3 Å². The van der Waals surface area contributed by atoms with Crippen molar-refractivity contribution in [3.05, 3.63) is 113 Å². The van der Waals surface area contributed by atoms with Crippen LogP contribution in [-0.2, 0) is 17.6 Å². The summed E-state index contributed by atoms with van der Waals surface area (Å²) in [6.07, 6.45) is 2.84. The Morgan fingerprint density at radius 2 is 1.95 bits per heavy atom. The van der Waals surface area contributed by atoms with Crippen LogP contribution in [0.2, 0.25) is 0 Å². The second-order valence-electron chi connectivity index (χ2n) is 9.79. The summed E-state index contributed by atoms with van der Waals surface area (Å²) in [5.41, 5.74) is 3.73. The Kier molecular flexibility index (Phi) is 7.09. The first-order valence-electron chi connectivity index (χ1n) is 13.2. The van der Waals surface area contributed by atoms with Gasteiger partial charge in [0.05, 0.1) is 19.1 Å². The van der Waals surface area contributed by atoms with Crippen LogP contribution in [0.4, 0.5) is 4.39 Å². The fourth-order valence-corrected chi connectivity index (χ4v) is 5.18. The molecule has 2 amide bonds. The maximum absolute atomic E-state index is 14.7. The second kappa shape index (κ2) is 11.1. The molecule has 4 heterocycles. The molecule has 0 fully saturated rings. The van der Waals surface area contributed by atoms with Gasteiger partial charge >= 0.3 is 0 Å². The number of carbonyl (C=O) groups is 2. The van der Waals surface area contributed by atoms with Crippen molar-refractivity contribution < 1.29 is 23.5 Å². The molecule has 1 unspecified atom stereocenters. The number of benzene rings is 3. The molecular formula is C31H27FN4O4. The molecule has 1 atom stereocenters. The smallest absolute Gasteiger partial charge is 0.275 e. The van der Waals surface area contributed by atoms with E-state index in [9.17, 15) is 14.0 Å². The number of nitrogens with zero attached hydrogens (tertiary/aromatic N) is 3. The predicted molar refractivity (Wildman–Crippen MR) is 145 cm³/mol. The van der Waals surface area contributed by atoms with Gasteiger partial charge in [0.1, 0.15) is 11.5 Å². The molecule has 8 bridgehead atoms. The van der Waals surface area contributed by atoms with E-state index in [-0.39, 0.29) is 29.7 Å². The lowest BCUT2D eigenvalue weighted by molar-refractivity contribution is -0.120. The summed E-state index contributed by atoms with van der Waals surface area (Å²) < 4.78 is 26.7. The van der Waals surface area contributed by atoms with Crippen molar-refractivity contribution in [2.24, 2.45) is 0 Å². The third kappa shape index (κ3) is 5.36. The largest absolute Gasteiger partial charge is 0.494 e. The molecule has 1 aromatic heterocycles. The summed E-state index contributed by atoms with van der Waals surface area (Å²) in [6.45, 7) is 1.30.